The van der Waals surface area contributed by atoms with Gasteiger partial charge in [-0.25, -0.2) is 9.18 Å². The molecule has 7 nitrogen and oxygen atoms in total. The number of ether oxygens (including phenoxy) is 1. The summed E-state index contributed by atoms with van der Waals surface area (Å²) in [5.41, 5.74) is 0.0641. The van der Waals surface area contributed by atoms with Crippen molar-refractivity contribution in [3.8, 4) is 0 Å². The molecule has 41 heavy (non-hydrogen) atoms. The van der Waals surface area contributed by atoms with E-state index >= 15 is 4.39 Å². The van der Waals surface area contributed by atoms with Crippen LogP contribution in [0.15, 0.2) is 60.7 Å². The molecular formula is C31H28Cl2FN3O4. The van der Waals surface area contributed by atoms with Crippen molar-refractivity contribution in [3.05, 3.63) is 93.2 Å². The van der Waals surface area contributed by atoms with Gasteiger partial charge in [0.15, 0.2) is 0 Å². The second kappa shape index (κ2) is 10.4. The first-order valence-electron chi connectivity index (χ1n) is 13.5. The zero-order valence-electron chi connectivity index (χ0n) is 22.2. The number of carbonyl (C=O) groups excluding carboxylic acids is 3. The Morgan fingerprint density at radius 3 is 2.46 bits per heavy atom. The summed E-state index contributed by atoms with van der Waals surface area (Å²) in [5, 5.41) is 9.89. The molecule has 3 aromatic rings. The molecule has 3 aromatic carbocycles. The second-order valence-corrected chi connectivity index (χ2v) is 11.7. The minimum Gasteiger partial charge on any atom is -0.465 e. The normalized spacial score (nSPS) is 24.2. The standard InChI is InChI=1S/C31H28Cl2FN3O4/c1-41-28(39)17-8-11-19(12-9-17)35-27(38)26-24(20-6-5-7-22(33)25(20)34)31(30(37-26)14-3-2-4-15-30)21-13-10-18(32)16-23(21)36-29(31)40/h5-13,16,24,26,37H,2-4,14-15H2,1H3,(H,35,38)(H,36,40)/t24-,26+,31+/m1/s1. The number of benzene rings is 3. The van der Waals surface area contributed by atoms with E-state index in [9.17, 15) is 14.4 Å². The fourth-order valence-electron chi connectivity index (χ4n) is 7.25. The van der Waals surface area contributed by atoms with Crippen molar-refractivity contribution in [1.82, 2.24) is 5.32 Å². The Hall–Kier alpha value is -3.46. The number of methoxy groups -OCH3 is 1. The Labute approximate surface area is 246 Å². The summed E-state index contributed by atoms with van der Waals surface area (Å²) in [6, 6.07) is 15.2. The topological polar surface area (TPSA) is 96.5 Å². The van der Waals surface area contributed by atoms with E-state index in [0.717, 1.165) is 19.3 Å². The Kier molecular flexibility index (Phi) is 7.04. The van der Waals surface area contributed by atoms with E-state index < -0.39 is 40.6 Å². The van der Waals surface area contributed by atoms with Crippen molar-refractivity contribution in [2.45, 2.75) is 55.0 Å². The quantitative estimate of drug-likeness (QED) is 0.312. The number of anilines is 2. The van der Waals surface area contributed by atoms with Gasteiger partial charge in [-0.3, -0.25) is 14.9 Å². The number of nitrogens with one attached hydrogen (secondary N) is 3. The molecule has 1 saturated heterocycles. The number of halogens is 3. The highest BCUT2D eigenvalue weighted by molar-refractivity contribution is 6.31. The molecule has 2 fully saturated rings. The number of hydrogen-bond donors (Lipinski definition) is 3. The first-order valence-corrected chi connectivity index (χ1v) is 14.3. The van der Waals surface area contributed by atoms with Crippen LogP contribution in [0.3, 0.4) is 0 Å². The first-order chi connectivity index (χ1) is 19.7. The average molecular weight is 596 g/mol. The fraction of sp³-hybridized carbons (Fsp3) is 0.323. The maximum atomic E-state index is 15.9. The lowest BCUT2D eigenvalue weighted by Crippen LogP contribution is -2.60. The highest BCUT2D eigenvalue weighted by atomic mass is 35.5. The summed E-state index contributed by atoms with van der Waals surface area (Å²) < 4.78 is 20.7. The van der Waals surface area contributed by atoms with E-state index in [1.807, 2.05) is 6.07 Å². The third kappa shape index (κ3) is 4.23. The Bertz CT molecular complexity index is 1560. The molecule has 0 unspecified atom stereocenters. The molecule has 2 aliphatic heterocycles. The van der Waals surface area contributed by atoms with E-state index in [4.69, 9.17) is 27.9 Å². The van der Waals surface area contributed by atoms with Gasteiger partial charge in [0, 0.05) is 27.9 Å². The van der Waals surface area contributed by atoms with Crippen molar-refractivity contribution in [3.63, 3.8) is 0 Å². The molecule has 1 saturated carbocycles. The van der Waals surface area contributed by atoms with Crippen molar-refractivity contribution >= 4 is 52.4 Å². The Balaban J connectivity index is 1.52. The molecule has 0 aromatic heterocycles. The molecule has 1 aliphatic carbocycles. The van der Waals surface area contributed by atoms with Gasteiger partial charge in [-0.1, -0.05) is 60.7 Å². The highest BCUT2D eigenvalue weighted by Gasteiger charge is 2.72. The molecule has 2 amide bonds. The van der Waals surface area contributed by atoms with Crippen LogP contribution in [0.4, 0.5) is 15.8 Å². The Morgan fingerprint density at radius 2 is 1.76 bits per heavy atom. The van der Waals surface area contributed by atoms with Crippen LogP contribution in [0.25, 0.3) is 0 Å². The summed E-state index contributed by atoms with van der Waals surface area (Å²) in [6.45, 7) is 0. The third-order valence-electron chi connectivity index (χ3n) is 8.88. The third-order valence-corrected chi connectivity index (χ3v) is 9.41. The molecule has 3 atom stereocenters. The zero-order valence-corrected chi connectivity index (χ0v) is 23.7. The number of esters is 1. The minimum absolute atomic E-state index is 0.0884. The maximum absolute atomic E-state index is 15.9. The predicted molar refractivity (Wildman–Crippen MR) is 155 cm³/mol. The number of rotatable bonds is 4. The zero-order chi connectivity index (χ0) is 28.9. The van der Waals surface area contributed by atoms with E-state index in [2.05, 4.69) is 16.0 Å². The summed E-state index contributed by atoms with van der Waals surface area (Å²) in [6.07, 6.45) is 3.93. The van der Waals surface area contributed by atoms with Crippen LogP contribution in [-0.4, -0.2) is 36.5 Å². The molecular weight excluding hydrogens is 568 g/mol. The second-order valence-electron chi connectivity index (χ2n) is 10.9. The van der Waals surface area contributed by atoms with Gasteiger partial charge in [-0.05, 0) is 66.4 Å². The van der Waals surface area contributed by atoms with Gasteiger partial charge in [0.2, 0.25) is 11.8 Å². The largest absolute Gasteiger partial charge is 0.465 e. The van der Waals surface area contributed by atoms with Crippen LogP contribution in [0.1, 0.15) is 59.5 Å². The SMILES string of the molecule is COC(=O)c1ccc(NC(=O)[C@H]2NC3(CCCCC3)[C@]3(C(=O)Nc4cc(Cl)ccc43)[C@@H]2c2cccc(Cl)c2F)cc1. The van der Waals surface area contributed by atoms with Crippen LogP contribution in [0.5, 0.6) is 0 Å². The number of fused-ring (bicyclic) bond motifs is 3. The van der Waals surface area contributed by atoms with Crippen LogP contribution in [-0.2, 0) is 19.7 Å². The Morgan fingerprint density at radius 1 is 1.02 bits per heavy atom. The van der Waals surface area contributed by atoms with E-state index in [-0.39, 0.29) is 16.5 Å². The molecule has 2 spiro atoms. The molecule has 3 N–H and O–H groups in total. The highest BCUT2D eigenvalue weighted by Crippen LogP contribution is 2.62. The average Bonchev–Trinajstić information content (AvgIpc) is 3.42. The van der Waals surface area contributed by atoms with E-state index in [1.165, 1.54) is 13.2 Å². The van der Waals surface area contributed by atoms with Gasteiger partial charge in [0.05, 0.1) is 23.7 Å². The van der Waals surface area contributed by atoms with Crippen LogP contribution in [0.2, 0.25) is 10.0 Å². The lowest BCUT2D eigenvalue weighted by molar-refractivity contribution is -0.124. The van der Waals surface area contributed by atoms with E-state index in [1.54, 1.807) is 48.5 Å². The smallest absolute Gasteiger partial charge is 0.337 e. The first kappa shape index (κ1) is 27.7. The van der Waals surface area contributed by atoms with Crippen LogP contribution >= 0.6 is 23.2 Å². The lowest BCUT2D eigenvalue weighted by Gasteiger charge is -2.47. The van der Waals surface area contributed by atoms with Gasteiger partial charge < -0.3 is 15.4 Å². The van der Waals surface area contributed by atoms with Crippen LogP contribution < -0.4 is 16.0 Å². The molecule has 212 valence electrons. The summed E-state index contributed by atoms with van der Waals surface area (Å²) >= 11 is 12.6. The molecule has 0 bridgehead atoms. The number of amides is 2. The monoisotopic (exact) mass is 595 g/mol. The van der Waals surface area contributed by atoms with Crippen LogP contribution in [0, 0.1) is 5.82 Å². The van der Waals surface area contributed by atoms with E-state index in [0.29, 0.717) is 40.4 Å². The fourth-order valence-corrected chi connectivity index (χ4v) is 7.60. The summed E-state index contributed by atoms with van der Waals surface area (Å²) in [7, 11) is 1.29. The summed E-state index contributed by atoms with van der Waals surface area (Å²) in [5.74, 6) is -2.83. The predicted octanol–water partition coefficient (Wildman–Crippen LogP) is 6.21. The maximum Gasteiger partial charge on any atom is 0.337 e. The van der Waals surface area contributed by atoms with Gasteiger partial charge in [-0.15, -0.1) is 0 Å². The minimum atomic E-state index is -1.31. The number of carbonyl (C=O) groups is 3. The van der Waals surface area contributed by atoms with Crippen molar-refractivity contribution in [2.24, 2.45) is 0 Å². The van der Waals surface area contributed by atoms with Crippen molar-refractivity contribution < 1.29 is 23.5 Å². The molecule has 2 heterocycles. The summed E-state index contributed by atoms with van der Waals surface area (Å²) in [4.78, 5) is 40.4. The lowest BCUT2D eigenvalue weighted by atomic mass is 9.55. The van der Waals surface area contributed by atoms with Gasteiger partial charge in [0.25, 0.3) is 0 Å². The van der Waals surface area contributed by atoms with Crippen molar-refractivity contribution in [2.75, 3.05) is 17.7 Å². The molecule has 6 rings (SSSR count). The van der Waals surface area contributed by atoms with Gasteiger partial charge in [0.1, 0.15) is 11.2 Å². The van der Waals surface area contributed by atoms with Crippen molar-refractivity contribution in [1.29, 1.82) is 0 Å². The molecule has 3 aliphatic rings. The molecule has 10 heteroatoms. The van der Waals surface area contributed by atoms with Gasteiger partial charge in [-0.2, -0.15) is 0 Å². The molecule has 0 radical (unpaired) electrons. The number of hydrogen-bond acceptors (Lipinski definition) is 5. The van der Waals surface area contributed by atoms with Gasteiger partial charge >= 0.3 is 5.97 Å².